The van der Waals surface area contributed by atoms with Crippen molar-refractivity contribution < 1.29 is 23.1 Å². The van der Waals surface area contributed by atoms with Gasteiger partial charge >= 0.3 is 13.6 Å². The quantitative estimate of drug-likeness (QED) is 0.192. The van der Waals surface area contributed by atoms with Crippen molar-refractivity contribution in [2.75, 3.05) is 13.2 Å². The van der Waals surface area contributed by atoms with Gasteiger partial charge < -0.3 is 13.8 Å². The molecule has 1 aliphatic carbocycles. The van der Waals surface area contributed by atoms with Gasteiger partial charge in [-0.2, -0.15) is 0 Å². The zero-order valence-corrected chi connectivity index (χ0v) is 22.5. The van der Waals surface area contributed by atoms with Crippen molar-refractivity contribution in [1.29, 1.82) is 0 Å². The maximum absolute atomic E-state index is 13.8. The van der Waals surface area contributed by atoms with Crippen molar-refractivity contribution in [2.24, 2.45) is 11.8 Å². The van der Waals surface area contributed by atoms with Crippen LogP contribution in [0, 0.1) is 11.8 Å². The summed E-state index contributed by atoms with van der Waals surface area (Å²) in [5, 5.41) is -0.0538. The maximum atomic E-state index is 13.8. The Morgan fingerprint density at radius 3 is 2.11 bits per heavy atom. The van der Waals surface area contributed by atoms with Gasteiger partial charge in [0.15, 0.2) is 0 Å². The van der Waals surface area contributed by atoms with E-state index in [1.807, 2.05) is 48.5 Å². The third-order valence-electron chi connectivity index (χ3n) is 6.96. The van der Waals surface area contributed by atoms with Crippen LogP contribution in [0.25, 0.3) is 6.08 Å². The first kappa shape index (κ1) is 27.4. The van der Waals surface area contributed by atoms with Gasteiger partial charge in [-0.25, -0.2) is 4.79 Å². The molecule has 0 N–H and O–H groups in total. The van der Waals surface area contributed by atoms with Crippen LogP contribution in [-0.2, 0) is 28.6 Å². The summed E-state index contributed by atoms with van der Waals surface area (Å²) in [5.74, 6) is -0.0728. The number of esters is 1. The SMILES string of the molecule is CCOP(=O)(OCC)/C(=C\c1ccccc1)C(=O)O[C@@H]1C[C@H](C)CC[C@H]1C(C)(C)c1ccccc1. The molecular weight excluding hydrogens is 459 g/mol. The van der Waals surface area contributed by atoms with Gasteiger partial charge in [-0.15, -0.1) is 0 Å². The molecule has 0 aromatic heterocycles. The zero-order valence-electron chi connectivity index (χ0n) is 21.6. The summed E-state index contributed by atoms with van der Waals surface area (Å²) in [6, 6.07) is 19.7. The number of benzene rings is 2. The first-order chi connectivity index (χ1) is 16.7. The molecule has 1 aliphatic rings. The maximum Gasteiger partial charge on any atom is 0.368 e. The van der Waals surface area contributed by atoms with Crippen LogP contribution in [0.4, 0.5) is 0 Å². The van der Waals surface area contributed by atoms with Crippen molar-refractivity contribution in [3.8, 4) is 0 Å². The van der Waals surface area contributed by atoms with Crippen molar-refractivity contribution in [3.05, 3.63) is 77.1 Å². The summed E-state index contributed by atoms with van der Waals surface area (Å²) in [5.41, 5.74) is 1.76. The lowest BCUT2D eigenvalue weighted by atomic mass is 9.64. The number of rotatable bonds is 10. The standard InChI is InChI=1S/C29H39O5P/c1-6-32-35(31,33-7-2)27(21-23-14-10-8-11-15-23)28(30)34-26-20-22(3)18-19-25(26)29(4,5)24-16-12-9-13-17-24/h8-17,21-22,25-26H,6-7,18-20H2,1-5H3/b27-21-/t22-,25-,26-/m1/s1. The van der Waals surface area contributed by atoms with E-state index in [1.165, 1.54) is 5.56 Å². The molecule has 3 atom stereocenters. The second-order valence-electron chi connectivity index (χ2n) is 9.83. The molecule has 35 heavy (non-hydrogen) atoms. The van der Waals surface area contributed by atoms with Gasteiger partial charge in [0.05, 0.1) is 13.2 Å². The van der Waals surface area contributed by atoms with E-state index in [0.717, 1.165) is 24.8 Å². The Kier molecular flexibility index (Phi) is 9.52. The van der Waals surface area contributed by atoms with Crippen molar-refractivity contribution >= 4 is 19.6 Å². The van der Waals surface area contributed by atoms with E-state index in [0.29, 0.717) is 5.92 Å². The third-order valence-corrected chi connectivity index (χ3v) is 9.06. The van der Waals surface area contributed by atoms with Crippen molar-refractivity contribution in [3.63, 3.8) is 0 Å². The van der Waals surface area contributed by atoms with E-state index < -0.39 is 13.6 Å². The van der Waals surface area contributed by atoms with E-state index in [-0.39, 0.29) is 36.0 Å². The van der Waals surface area contributed by atoms with Crippen LogP contribution in [0.2, 0.25) is 0 Å². The fourth-order valence-corrected chi connectivity index (χ4v) is 6.65. The van der Waals surface area contributed by atoms with Crippen molar-refractivity contribution in [2.45, 2.75) is 65.4 Å². The summed E-state index contributed by atoms with van der Waals surface area (Å²) in [6.45, 7) is 10.4. The lowest BCUT2D eigenvalue weighted by molar-refractivity contribution is -0.151. The average molecular weight is 499 g/mol. The molecule has 1 fully saturated rings. The van der Waals surface area contributed by atoms with Gasteiger partial charge in [0.1, 0.15) is 11.4 Å². The highest BCUT2D eigenvalue weighted by atomic mass is 31.2. The molecule has 5 nitrogen and oxygen atoms in total. The van der Waals surface area contributed by atoms with E-state index >= 15 is 0 Å². The minimum Gasteiger partial charge on any atom is -0.458 e. The molecule has 190 valence electrons. The Labute approximate surface area is 210 Å². The summed E-state index contributed by atoms with van der Waals surface area (Å²) in [7, 11) is -3.87. The molecule has 0 heterocycles. The molecule has 1 saturated carbocycles. The summed E-state index contributed by atoms with van der Waals surface area (Å²) >= 11 is 0. The lowest BCUT2D eigenvalue weighted by Gasteiger charge is -2.44. The highest BCUT2D eigenvalue weighted by Gasteiger charge is 2.44. The summed E-state index contributed by atoms with van der Waals surface area (Å²) < 4.78 is 31.1. The Morgan fingerprint density at radius 2 is 1.54 bits per heavy atom. The molecule has 0 bridgehead atoms. The second-order valence-corrected chi connectivity index (χ2v) is 11.8. The fraction of sp³-hybridized carbons (Fsp3) is 0.483. The Balaban J connectivity index is 1.97. The summed E-state index contributed by atoms with van der Waals surface area (Å²) in [4.78, 5) is 13.7. The highest BCUT2D eigenvalue weighted by molar-refractivity contribution is 7.60. The molecule has 0 radical (unpaired) electrons. The van der Waals surface area contributed by atoms with Crippen LogP contribution in [0.5, 0.6) is 0 Å². The predicted molar refractivity (Wildman–Crippen MR) is 141 cm³/mol. The average Bonchev–Trinajstić information content (AvgIpc) is 2.84. The molecular formula is C29H39O5P. The first-order valence-electron chi connectivity index (χ1n) is 12.6. The molecule has 3 rings (SSSR count). The van der Waals surface area contributed by atoms with Crippen LogP contribution in [-0.4, -0.2) is 25.3 Å². The molecule has 0 amide bonds. The van der Waals surface area contributed by atoms with E-state index in [2.05, 4.69) is 32.9 Å². The van der Waals surface area contributed by atoms with Crippen LogP contribution >= 0.6 is 7.60 Å². The van der Waals surface area contributed by atoms with Gasteiger partial charge in [-0.05, 0) is 55.2 Å². The van der Waals surface area contributed by atoms with E-state index in [4.69, 9.17) is 13.8 Å². The van der Waals surface area contributed by atoms with Crippen LogP contribution in [0.3, 0.4) is 0 Å². The number of hydrogen-bond donors (Lipinski definition) is 0. The first-order valence-corrected chi connectivity index (χ1v) is 14.2. The largest absolute Gasteiger partial charge is 0.458 e. The fourth-order valence-electron chi connectivity index (χ4n) is 5.04. The normalized spacial score (nSPS) is 21.5. The second kappa shape index (κ2) is 12.2. The zero-order chi connectivity index (χ0) is 25.5. The third kappa shape index (κ3) is 6.73. The summed E-state index contributed by atoms with van der Waals surface area (Å²) in [6.07, 6.45) is 4.07. The Bertz CT molecular complexity index is 1020. The van der Waals surface area contributed by atoms with Gasteiger partial charge in [0.25, 0.3) is 0 Å². The van der Waals surface area contributed by atoms with E-state index in [9.17, 15) is 9.36 Å². The molecule has 6 heteroatoms. The molecule has 2 aromatic rings. The lowest BCUT2D eigenvalue weighted by Crippen LogP contribution is -2.43. The van der Waals surface area contributed by atoms with Crippen LogP contribution in [0.1, 0.15) is 65.0 Å². The van der Waals surface area contributed by atoms with Gasteiger partial charge in [0, 0.05) is 5.92 Å². The highest BCUT2D eigenvalue weighted by Crippen LogP contribution is 2.57. The Morgan fingerprint density at radius 1 is 0.971 bits per heavy atom. The van der Waals surface area contributed by atoms with Gasteiger partial charge in [-0.3, -0.25) is 4.57 Å². The number of hydrogen-bond acceptors (Lipinski definition) is 5. The molecule has 0 aliphatic heterocycles. The topological polar surface area (TPSA) is 61.8 Å². The number of ether oxygens (including phenoxy) is 1. The van der Waals surface area contributed by atoms with Gasteiger partial charge in [-0.1, -0.05) is 87.9 Å². The van der Waals surface area contributed by atoms with Gasteiger partial charge in [0.2, 0.25) is 0 Å². The minimum atomic E-state index is -3.87. The number of carbonyl (C=O) groups is 1. The molecule has 2 aromatic carbocycles. The van der Waals surface area contributed by atoms with Crippen LogP contribution in [0.15, 0.2) is 66.0 Å². The minimum absolute atomic E-state index is 0.0538. The smallest absolute Gasteiger partial charge is 0.368 e. The molecule has 0 unspecified atom stereocenters. The van der Waals surface area contributed by atoms with Crippen molar-refractivity contribution in [1.82, 2.24) is 0 Å². The number of carbonyl (C=O) groups excluding carboxylic acids is 1. The monoisotopic (exact) mass is 498 g/mol. The predicted octanol–water partition coefficient (Wildman–Crippen LogP) is 7.62. The Hall–Kier alpha value is -2.20. The molecule has 0 saturated heterocycles. The van der Waals surface area contributed by atoms with Crippen LogP contribution < -0.4 is 0 Å². The molecule has 0 spiro atoms. The van der Waals surface area contributed by atoms with E-state index in [1.54, 1.807) is 19.9 Å².